The van der Waals surface area contributed by atoms with Crippen LogP contribution in [0.2, 0.25) is 0 Å². The predicted octanol–water partition coefficient (Wildman–Crippen LogP) is 0.942. The number of ether oxygens (including phenoxy) is 1. The van der Waals surface area contributed by atoms with Crippen LogP contribution < -0.4 is 5.32 Å². The van der Waals surface area contributed by atoms with Gasteiger partial charge in [-0.3, -0.25) is 9.59 Å². The van der Waals surface area contributed by atoms with Gasteiger partial charge in [0.15, 0.2) is 0 Å². The van der Waals surface area contributed by atoms with E-state index in [0.717, 1.165) is 5.57 Å². The van der Waals surface area contributed by atoms with Crippen molar-refractivity contribution in [1.82, 2.24) is 5.32 Å². The number of carbonyl (C=O) groups is 2. The van der Waals surface area contributed by atoms with Gasteiger partial charge in [0, 0.05) is 12.1 Å². The third-order valence-electron chi connectivity index (χ3n) is 1.98. The maximum Gasteiger partial charge on any atom is 0.307 e. The summed E-state index contributed by atoms with van der Waals surface area (Å²) in [4.78, 5) is 22.4. The zero-order valence-electron chi connectivity index (χ0n) is 8.79. The highest BCUT2D eigenvalue weighted by Crippen LogP contribution is 2.09. The second-order valence-corrected chi connectivity index (χ2v) is 3.14. The molecule has 0 aromatic carbocycles. The van der Waals surface area contributed by atoms with E-state index in [4.69, 9.17) is 4.74 Å². The number of rotatable bonds is 5. The molecule has 0 unspecified atom stereocenters. The van der Waals surface area contributed by atoms with Crippen molar-refractivity contribution in [3.05, 3.63) is 23.8 Å². The van der Waals surface area contributed by atoms with Crippen LogP contribution in [0.3, 0.4) is 0 Å². The largest absolute Gasteiger partial charge is 0.466 e. The van der Waals surface area contributed by atoms with Crippen molar-refractivity contribution in [3.8, 4) is 0 Å². The second kappa shape index (κ2) is 6.01. The molecule has 82 valence electrons. The molecule has 1 N–H and O–H groups in total. The minimum absolute atomic E-state index is 0.107. The highest BCUT2D eigenvalue weighted by Gasteiger charge is 2.10. The summed E-state index contributed by atoms with van der Waals surface area (Å²) in [5, 5.41) is 2.67. The number of allylic oxidation sites excluding steroid dienone is 3. The van der Waals surface area contributed by atoms with Gasteiger partial charge in [0.1, 0.15) is 0 Å². The number of esters is 1. The van der Waals surface area contributed by atoms with E-state index in [1.165, 1.54) is 0 Å². The third kappa shape index (κ3) is 3.97. The normalized spacial score (nSPS) is 13.5. The van der Waals surface area contributed by atoms with Crippen LogP contribution in [0, 0.1) is 0 Å². The molecule has 1 aliphatic rings. The molecule has 1 rings (SSSR count). The fourth-order valence-electron chi connectivity index (χ4n) is 1.24. The third-order valence-corrected chi connectivity index (χ3v) is 1.98. The van der Waals surface area contributed by atoms with E-state index in [2.05, 4.69) is 5.32 Å². The Morgan fingerprint density at radius 3 is 2.93 bits per heavy atom. The summed E-state index contributed by atoms with van der Waals surface area (Å²) in [7, 11) is 0. The molecule has 15 heavy (non-hydrogen) atoms. The average molecular weight is 209 g/mol. The molecule has 0 saturated carbocycles. The molecular formula is C11H15NO3. The Kier molecular flexibility index (Phi) is 4.60. The van der Waals surface area contributed by atoms with Crippen molar-refractivity contribution < 1.29 is 14.3 Å². The first-order valence-electron chi connectivity index (χ1n) is 5.03. The summed E-state index contributed by atoms with van der Waals surface area (Å²) in [5.41, 5.74) is 0.735. The minimum atomic E-state index is -0.281. The van der Waals surface area contributed by atoms with Crippen LogP contribution in [-0.2, 0) is 14.3 Å². The quantitative estimate of drug-likeness (QED) is 0.686. The Bertz CT molecular complexity index is 305. The van der Waals surface area contributed by atoms with Crippen LogP contribution in [0.4, 0.5) is 0 Å². The van der Waals surface area contributed by atoms with Gasteiger partial charge in [-0.05, 0) is 13.3 Å². The highest BCUT2D eigenvalue weighted by atomic mass is 16.5. The van der Waals surface area contributed by atoms with Gasteiger partial charge in [0.25, 0.3) is 0 Å². The Hall–Kier alpha value is -1.58. The van der Waals surface area contributed by atoms with Crippen LogP contribution in [0.15, 0.2) is 23.8 Å². The number of hydrogen-bond acceptors (Lipinski definition) is 3. The standard InChI is InChI=1S/C11H15NO3/c1-2-15-10(13)7-8-12-11(14)9-5-3-4-6-9/h3-5H,2,6-8H2,1H3,(H,12,14). The second-order valence-electron chi connectivity index (χ2n) is 3.14. The molecule has 0 radical (unpaired) electrons. The molecule has 0 aromatic heterocycles. The van der Waals surface area contributed by atoms with E-state index in [-0.39, 0.29) is 18.3 Å². The topological polar surface area (TPSA) is 55.4 Å². The number of amides is 1. The van der Waals surface area contributed by atoms with Crippen LogP contribution in [-0.4, -0.2) is 25.0 Å². The van der Waals surface area contributed by atoms with Gasteiger partial charge in [0.05, 0.1) is 13.0 Å². The van der Waals surface area contributed by atoms with E-state index in [0.29, 0.717) is 19.6 Å². The van der Waals surface area contributed by atoms with Crippen LogP contribution in [0.1, 0.15) is 19.8 Å². The molecule has 0 atom stereocenters. The Labute approximate surface area is 89.0 Å². The summed E-state index contributed by atoms with van der Waals surface area (Å²) >= 11 is 0. The molecular weight excluding hydrogens is 194 g/mol. The lowest BCUT2D eigenvalue weighted by Crippen LogP contribution is -2.27. The van der Waals surface area contributed by atoms with Crippen molar-refractivity contribution >= 4 is 11.9 Å². The van der Waals surface area contributed by atoms with Gasteiger partial charge in [-0.25, -0.2) is 0 Å². The van der Waals surface area contributed by atoms with Gasteiger partial charge in [0.2, 0.25) is 5.91 Å². The maximum absolute atomic E-state index is 11.4. The van der Waals surface area contributed by atoms with Crippen molar-refractivity contribution in [1.29, 1.82) is 0 Å². The first-order valence-corrected chi connectivity index (χ1v) is 5.03. The van der Waals surface area contributed by atoms with Crippen molar-refractivity contribution in [3.63, 3.8) is 0 Å². The monoisotopic (exact) mass is 209 g/mol. The zero-order chi connectivity index (χ0) is 11.1. The molecule has 0 aromatic rings. The van der Waals surface area contributed by atoms with Crippen LogP contribution >= 0.6 is 0 Å². The summed E-state index contributed by atoms with van der Waals surface area (Å²) < 4.78 is 4.73. The molecule has 0 aliphatic heterocycles. The zero-order valence-corrected chi connectivity index (χ0v) is 8.79. The summed E-state index contributed by atoms with van der Waals surface area (Å²) in [5.74, 6) is -0.388. The van der Waals surface area contributed by atoms with Gasteiger partial charge in [-0.1, -0.05) is 18.2 Å². The minimum Gasteiger partial charge on any atom is -0.466 e. The molecule has 1 aliphatic carbocycles. The smallest absolute Gasteiger partial charge is 0.307 e. The van der Waals surface area contributed by atoms with Crippen LogP contribution in [0.5, 0.6) is 0 Å². The summed E-state index contributed by atoms with van der Waals surface area (Å²) in [6.45, 7) is 2.46. The summed E-state index contributed by atoms with van der Waals surface area (Å²) in [6, 6.07) is 0. The molecule has 4 nitrogen and oxygen atoms in total. The van der Waals surface area contributed by atoms with Crippen molar-refractivity contribution in [2.45, 2.75) is 19.8 Å². The maximum atomic E-state index is 11.4. The SMILES string of the molecule is CCOC(=O)CCNC(=O)C1=CC=CC1. The lowest BCUT2D eigenvalue weighted by atomic mass is 10.2. The molecule has 0 heterocycles. The van der Waals surface area contributed by atoms with Gasteiger partial charge >= 0.3 is 5.97 Å². The van der Waals surface area contributed by atoms with E-state index in [1.807, 2.05) is 12.2 Å². The predicted molar refractivity (Wildman–Crippen MR) is 56.1 cm³/mol. The van der Waals surface area contributed by atoms with Gasteiger partial charge in [-0.2, -0.15) is 0 Å². The highest BCUT2D eigenvalue weighted by molar-refractivity contribution is 5.94. The average Bonchev–Trinajstić information content (AvgIpc) is 2.70. The molecule has 4 heteroatoms. The Morgan fingerprint density at radius 2 is 2.33 bits per heavy atom. The van der Waals surface area contributed by atoms with Gasteiger partial charge in [-0.15, -0.1) is 0 Å². The van der Waals surface area contributed by atoms with E-state index in [9.17, 15) is 9.59 Å². The lowest BCUT2D eigenvalue weighted by Gasteiger charge is -2.05. The molecule has 0 bridgehead atoms. The Morgan fingerprint density at radius 1 is 1.53 bits per heavy atom. The van der Waals surface area contributed by atoms with Crippen LogP contribution in [0.25, 0.3) is 0 Å². The van der Waals surface area contributed by atoms with Gasteiger partial charge < -0.3 is 10.1 Å². The molecule has 1 amide bonds. The van der Waals surface area contributed by atoms with E-state index >= 15 is 0 Å². The Balaban J connectivity index is 2.15. The molecule has 0 fully saturated rings. The fraction of sp³-hybridized carbons (Fsp3) is 0.455. The lowest BCUT2D eigenvalue weighted by molar-refractivity contribution is -0.142. The number of nitrogens with one attached hydrogen (secondary N) is 1. The first kappa shape index (κ1) is 11.5. The first-order chi connectivity index (χ1) is 7.24. The molecule has 0 spiro atoms. The van der Waals surface area contributed by atoms with E-state index in [1.54, 1.807) is 13.0 Å². The number of carbonyl (C=O) groups excluding carboxylic acids is 2. The van der Waals surface area contributed by atoms with E-state index < -0.39 is 0 Å². The fourth-order valence-corrected chi connectivity index (χ4v) is 1.24. The van der Waals surface area contributed by atoms with Crippen molar-refractivity contribution in [2.75, 3.05) is 13.2 Å². The summed E-state index contributed by atoms with van der Waals surface area (Å²) in [6.07, 6.45) is 6.44. The van der Waals surface area contributed by atoms with Crippen molar-refractivity contribution in [2.24, 2.45) is 0 Å². The number of hydrogen-bond donors (Lipinski definition) is 1. The molecule has 0 saturated heterocycles.